The van der Waals surface area contributed by atoms with Crippen LogP contribution in [0.15, 0.2) is 30.6 Å². The molecule has 1 saturated heterocycles. The zero-order valence-electron chi connectivity index (χ0n) is 10.9. The summed E-state index contributed by atoms with van der Waals surface area (Å²) in [4.78, 5) is 18.4. The Bertz CT molecular complexity index is 585. The monoisotopic (exact) mass is 259 g/mol. The molecule has 0 radical (unpaired) electrons. The van der Waals surface area contributed by atoms with Gasteiger partial charge in [-0.15, -0.1) is 0 Å². The third-order valence-corrected chi connectivity index (χ3v) is 3.55. The number of carbonyl (C=O) groups is 1. The van der Waals surface area contributed by atoms with Gasteiger partial charge in [0.25, 0.3) is 5.91 Å². The molecule has 0 bridgehead atoms. The average molecular weight is 259 g/mol. The normalized spacial score (nSPS) is 23.8. The van der Waals surface area contributed by atoms with Gasteiger partial charge in [-0.2, -0.15) is 0 Å². The molecular formula is C14H17N3O2. The third-order valence-electron chi connectivity index (χ3n) is 3.55. The fourth-order valence-corrected chi connectivity index (χ4v) is 2.59. The Morgan fingerprint density at radius 1 is 1.47 bits per heavy atom. The summed E-state index contributed by atoms with van der Waals surface area (Å²) in [5.41, 5.74) is 0.408. The number of amides is 1. The van der Waals surface area contributed by atoms with Crippen molar-refractivity contribution in [1.82, 2.24) is 14.3 Å². The summed E-state index contributed by atoms with van der Waals surface area (Å²) in [6.45, 7) is 2.83. The number of rotatable bonds is 1. The number of nitrogens with zero attached hydrogens (tertiary/aromatic N) is 3. The highest BCUT2D eigenvalue weighted by molar-refractivity contribution is 5.93. The van der Waals surface area contributed by atoms with E-state index < -0.39 is 5.60 Å². The van der Waals surface area contributed by atoms with Gasteiger partial charge >= 0.3 is 0 Å². The zero-order chi connectivity index (χ0) is 13.5. The van der Waals surface area contributed by atoms with E-state index >= 15 is 0 Å². The quantitative estimate of drug-likeness (QED) is 0.840. The molecule has 1 atom stereocenters. The van der Waals surface area contributed by atoms with E-state index in [9.17, 15) is 9.90 Å². The molecule has 0 aromatic carbocycles. The van der Waals surface area contributed by atoms with E-state index in [1.807, 2.05) is 28.8 Å². The summed E-state index contributed by atoms with van der Waals surface area (Å²) in [6.07, 6.45) is 5.17. The predicted molar refractivity (Wildman–Crippen MR) is 71.0 cm³/mol. The van der Waals surface area contributed by atoms with E-state index in [0.29, 0.717) is 18.8 Å². The summed E-state index contributed by atoms with van der Waals surface area (Å²) in [5.74, 6) is -0.108. The minimum absolute atomic E-state index is 0.108. The van der Waals surface area contributed by atoms with Crippen LogP contribution in [0.4, 0.5) is 0 Å². The van der Waals surface area contributed by atoms with Gasteiger partial charge in [-0.3, -0.25) is 4.79 Å². The molecule has 0 saturated carbocycles. The second-order valence-electron chi connectivity index (χ2n) is 5.42. The molecule has 19 heavy (non-hydrogen) atoms. The van der Waals surface area contributed by atoms with E-state index in [0.717, 1.165) is 18.5 Å². The highest BCUT2D eigenvalue weighted by Gasteiger charge is 2.32. The number of pyridine rings is 1. The highest BCUT2D eigenvalue weighted by atomic mass is 16.3. The first-order valence-corrected chi connectivity index (χ1v) is 6.51. The van der Waals surface area contributed by atoms with Crippen LogP contribution in [-0.4, -0.2) is 44.0 Å². The summed E-state index contributed by atoms with van der Waals surface area (Å²) < 4.78 is 1.83. The molecule has 0 aliphatic carbocycles. The number of aliphatic hydroxyl groups is 1. The summed E-state index contributed by atoms with van der Waals surface area (Å²) in [5, 5.41) is 10.1. The van der Waals surface area contributed by atoms with Gasteiger partial charge < -0.3 is 14.4 Å². The first-order valence-electron chi connectivity index (χ1n) is 6.51. The van der Waals surface area contributed by atoms with Crippen molar-refractivity contribution >= 4 is 11.6 Å². The van der Waals surface area contributed by atoms with Crippen LogP contribution in [-0.2, 0) is 0 Å². The topological polar surface area (TPSA) is 57.8 Å². The molecule has 1 aliphatic heterocycles. The maximum absolute atomic E-state index is 12.4. The number of carbonyl (C=O) groups excluding carboxylic acids is 1. The molecule has 3 rings (SSSR count). The lowest BCUT2D eigenvalue weighted by Crippen LogP contribution is -2.48. The van der Waals surface area contributed by atoms with Crippen molar-refractivity contribution in [3.05, 3.63) is 36.3 Å². The van der Waals surface area contributed by atoms with Crippen molar-refractivity contribution in [2.24, 2.45) is 0 Å². The van der Waals surface area contributed by atoms with Gasteiger partial charge in [0, 0.05) is 25.5 Å². The van der Waals surface area contributed by atoms with Gasteiger partial charge in [0.1, 0.15) is 11.3 Å². The average Bonchev–Trinajstić information content (AvgIpc) is 2.80. The Balaban J connectivity index is 1.87. The zero-order valence-corrected chi connectivity index (χ0v) is 10.9. The first-order chi connectivity index (χ1) is 9.05. The minimum atomic E-state index is -0.785. The Kier molecular flexibility index (Phi) is 2.78. The minimum Gasteiger partial charge on any atom is -0.388 e. The van der Waals surface area contributed by atoms with Crippen LogP contribution in [0.1, 0.15) is 30.3 Å². The second kappa shape index (κ2) is 4.35. The standard InChI is InChI=1S/C14H17N3O2/c1-14(19)6-4-8-17(10-14)13(18)11-9-16-7-3-2-5-12(16)15-11/h2-3,5,7,9,19H,4,6,8,10H2,1H3. The molecule has 0 spiro atoms. The van der Waals surface area contributed by atoms with Crippen molar-refractivity contribution in [2.75, 3.05) is 13.1 Å². The van der Waals surface area contributed by atoms with E-state index in [-0.39, 0.29) is 5.91 Å². The highest BCUT2D eigenvalue weighted by Crippen LogP contribution is 2.21. The lowest BCUT2D eigenvalue weighted by Gasteiger charge is -2.36. The molecular weight excluding hydrogens is 242 g/mol. The Morgan fingerprint density at radius 3 is 3.05 bits per heavy atom. The van der Waals surface area contributed by atoms with Gasteiger partial charge in [0.05, 0.1) is 5.60 Å². The molecule has 2 aromatic rings. The molecule has 5 nitrogen and oxygen atoms in total. The summed E-state index contributed by atoms with van der Waals surface area (Å²) in [7, 11) is 0. The molecule has 2 aromatic heterocycles. The number of β-amino-alcohol motifs (C(OH)–C–C–N with tert-alkyl or cyclic N) is 1. The summed E-state index contributed by atoms with van der Waals surface area (Å²) >= 11 is 0. The molecule has 5 heteroatoms. The van der Waals surface area contributed by atoms with Crippen molar-refractivity contribution in [3.8, 4) is 0 Å². The molecule has 1 aliphatic rings. The summed E-state index contributed by atoms with van der Waals surface area (Å²) in [6, 6.07) is 5.65. The van der Waals surface area contributed by atoms with Crippen molar-refractivity contribution in [1.29, 1.82) is 0 Å². The molecule has 1 amide bonds. The van der Waals surface area contributed by atoms with Crippen molar-refractivity contribution < 1.29 is 9.90 Å². The van der Waals surface area contributed by atoms with Crippen LogP contribution in [0.3, 0.4) is 0 Å². The Hall–Kier alpha value is -1.88. The van der Waals surface area contributed by atoms with E-state index in [1.165, 1.54) is 0 Å². The fraction of sp³-hybridized carbons (Fsp3) is 0.429. The first kappa shape index (κ1) is 12.2. The number of likely N-dealkylation sites (tertiary alicyclic amines) is 1. The number of hydrogen-bond donors (Lipinski definition) is 1. The van der Waals surface area contributed by atoms with Crippen LogP contribution in [0.2, 0.25) is 0 Å². The molecule has 1 unspecified atom stereocenters. The SMILES string of the molecule is CC1(O)CCCN(C(=O)c2cn3ccccc3n2)C1. The van der Waals surface area contributed by atoms with Crippen molar-refractivity contribution in [3.63, 3.8) is 0 Å². The Morgan fingerprint density at radius 2 is 2.32 bits per heavy atom. The second-order valence-corrected chi connectivity index (χ2v) is 5.42. The number of aromatic nitrogens is 2. The van der Waals surface area contributed by atoms with Crippen LogP contribution in [0.25, 0.3) is 5.65 Å². The lowest BCUT2D eigenvalue weighted by atomic mass is 9.95. The maximum atomic E-state index is 12.4. The van der Waals surface area contributed by atoms with Crippen molar-refractivity contribution in [2.45, 2.75) is 25.4 Å². The largest absolute Gasteiger partial charge is 0.388 e. The van der Waals surface area contributed by atoms with Crippen LogP contribution < -0.4 is 0 Å². The van der Waals surface area contributed by atoms with Gasteiger partial charge in [-0.25, -0.2) is 4.98 Å². The van der Waals surface area contributed by atoms with E-state index in [4.69, 9.17) is 0 Å². The third kappa shape index (κ3) is 2.33. The van der Waals surface area contributed by atoms with Gasteiger partial charge in [-0.05, 0) is 31.9 Å². The number of hydrogen-bond acceptors (Lipinski definition) is 3. The van der Waals surface area contributed by atoms with Gasteiger partial charge in [0.2, 0.25) is 0 Å². The van der Waals surface area contributed by atoms with E-state index in [1.54, 1.807) is 18.0 Å². The molecule has 100 valence electrons. The van der Waals surface area contributed by atoms with Crippen LogP contribution in [0.5, 0.6) is 0 Å². The molecule has 1 N–H and O–H groups in total. The number of fused-ring (bicyclic) bond motifs is 1. The van der Waals surface area contributed by atoms with E-state index in [2.05, 4.69) is 4.98 Å². The number of imidazole rings is 1. The number of piperidine rings is 1. The smallest absolute Gasteiger partial charge is 0.274 e. The fourth-order valence-electron chi connectivity index (χ4n) is 2.59. The maximum Gasteiger partial charge on any atom is 0.274 e. The van der Waals surface area contributed by atoms with Crippen LogP contribution in [0, 0.1) is 0 Å². The molecule has 3 heterocycles. The predicted octanol–water partition coefficient (Wildman–Crippen LogP) is 1.32. The molecule has 1 fully saturated rings. The lowest BCUT2D eigenvalue weighted by molar-refractivity contribution is -0.0109. The van der Waals surface area contributed by atoms with Gasteiger partial charge in [-0.1, -0.05) is 6.07 Å². The van der Waals surface area contributed by atoms with Crippen LogP contribution >= 0.6 is 0 Å². The van der Waals surface area contributed by atoms with Gasteiger partial charge in [0.15, 0.2) is 0 Å². The Labute approximate surface area is 111 Å².